The third kappa shape index (κ3) is 3.79. The Hall–Kier alpha value is -1.92. The first-order valence-corrected chi connectivity index (χ1v) is 7.87. The van der Waals surface area contributed by atoms with E-state index in [4.69, 9.17) is 16.4 Å². The number of nitrogens with one attached hydrogen (secondary N) is 2. The monoisotopic (exact) mass is 357 g/mol. The van der Waals surface area contributed by atoms with Crippen LogP contribution in [0, 0.1) is 16.7 Å². The highest BCUT2D eigenvalue weighted by Gasteiger charge is 2.13. The van der Waals surface area contributed by atoms with Gasteiger partial charge >= 0.3 is 0 Å². The van der Waals surface area contributed by atoms with Crippen molar-refractivity contribution in [2.75, 3.05) is 11.2 Å². The maximum Gasteiger partial charge on any atom is 0.201 e. The highest BCUT2D eigenvalue weighted by atomic mass is 79.9. The summed E-state index contributed by atoms with van der Waals surface area (Å²) in [5, 5.41) is 19.5. The SMILES string of the molecule is CCS(=O)(=O)c1ccc(Br)c(N/N=C(\C#N)C(=N)N)c1. The average molecular weight is 358 g/mol. The molecule has 0 heterocycles. The number of anilines is 1. The fourth-order valence-electron chi connectivity index (χ4n) is 1.21. The van der Waals surface area contributed by atoms with Gasteiger partial charge in [0.15, 0.2) is 15.7 Å². The summed E-state index contributed by atoms with van der Waals surface area (Å²) in [7, 11) is -3.34. The summed E-state index contributed by atoms with van der Waals surface area (Å²) in [5.41, 5.74) is 7.73. The Bertz CT molecular complexity index is 706. The van der Waals surface area contributed by atoms with Crippen LogP contribution in [0.15, 0.2) is 32.7 Å². The topological polar surface area (TPSA) is 132 Å². The van der Waals surface area contributed by atoms with E-state index in [2.05, 4.69) is 26.5 Å². The number of benzene rings is 1. The van der Waals surface area contributed by atoms with Gasteiger partial charge < -0.3 is 5.73 Å². The second-order valence-electron chi connectivity index (χ2n) is 3.64. The molecule has 4 N–H and O–H groups in total. The van der Waals surface area contributed by atoms with Gasteiger partial charge in [0.1, 0.15) is 6.07 Å². The Morgan fingerprint density at radius 1 is 1.60 bits per heavy atom. The summed E-state index contributed by atoms with van der Waals surface area (Å²) in [6.45, 7) is 1.55. The summed E-state index contributed by atoms with van der Waals surface area (Å²) >= 11 is 3.23. The van der Waals surface area contributed by atoms with Crippen LogP contribution in [0.4, 0.5) is 5.69 Å². The van der Waals surface area contributed by atoms with Crippen LogP contribution in [0.5, 0.6) is 0 Å². The van der Waals surface area contributed by atoms with Crippen LogP contribution in [0.25, 0.3) is 0 Å². The van der Waals surface area contributed by atoms with Crippen molar-refractivity contribution < 1.29 is 8.42 Å². The molecular formula is C11H12BrN5O2S. The molecule has 0 aromatic heterocycles. The summed E-state index contributed by atoms with van der Waals surface area (Å²) in [6, 6.07) is 6.06. The van der Waals surface area contributed by atoms with Crippen molar-refractivity contribution >= 4 is 43.0 Å². The smallest absolute Gasteiger partial charge is 0.201 e. The first-order chi connectivity index (χ1) is 9.31. The molecule has 0 spiro atoms. The Morgan fingerprint density at radius 2 is 2.25 bits per heavy atom. The molecule has 0 aliphatic rings. The van der Waals surface area contributed by atoms with Gasteiger partial charge in [-0.3, -0.25) is 10.8 Å². The second-order valence-corrected chi connectivity index (χ2v) is 6.78. The molecule has 7 nitrogen and oxygen atoms in total. The molecular weight excluding hydrogens is 346 g/mol. The number of nitrogens with zero attached hydrogens (tertiary/aromatic N) is 2. The van der Waals surface area contributed by atoms with Crippen molar-refractivity contribution in [3.8, 4) is 6.07 Å². The van der Waals surface area contributed by atoms with Crippen molar-refractivity contribution in [1.82, 2.24) is 0 Å². The zero-order valence-electron chi connectivity index (χ0n) is 10.5. The molecule has 1 rings (SSSR count). The van der Waals surface area contributed by atoms with E-state index in [1.165, 1.54) is 12.1 Å². The van der Waals surface area contributed by atoms with Gasteiger partial charge in [-0.2, -0.15) is 10.4 Å². The first-order valence-electron chi connectivity index (χ1n) is 5.42. The lowest BCUT2D eigenvalue weighted by atomic mass is 10.3. The van der Waals surface area contributed by atoms with E-state index in [1.807, 2.05) is 0 Å². The quantitative estimate of drug-likeness (QED) is 0.417. The van der Waals surface area contributed by atoms with Crippen molar-refractivity contribution in [1.29, 1.82) is 10.7 Å². The van der Waals surface area contributed by atoms with E-state index in [0.717, 1.165) is 0 Å². The van der Waals surface area contributed by atoms with Crippen molar-refractivity contribution in [3.05, 3.63) is 22.7 Å². The summed E-state index contributed by atoms with van der Waals surface area (Å²) in [4.78, 5) is 0.141. The van der Waals surface area contributed by atoms with Gasteiger partial charge in [0.05, 0.1) is 16.3 Å². The van der Waals surface area contributed by atoms with Gasteiger partial charge in [-0.05, 0) is 34.1 Å². The maximum absolute atomic E-state index is 11.8. The highest BCUT2D eigenvalue weighted by Crippen LogP contribution is 2.26. The average Bonchev–Trinajstić information content (AvgIpc) is 2.40. The molecule has 0 amide bonds. The number of nitrogens with two attached hydrogens (primary N) is 1. The van der Waals surface area contributed by atoms with Crippen LogP contribution in [-0.2, 0) is 9.84 Å². The summed E-state index contributed by atoms with van der Waals surface area (Å²) < 4.78 is 24.1. The van der Waals surface area contributed by atoms with E-state index >= 15 is 0 Å². The van der Waals surface area contributed by atoms with Crippen LogP contribution < -0.4 is 11.2 Å². The summed E-state index contributed by atoms with van der Waals surface area (Å²) in [5.74, 6) is -0.498. The van der Waals surface area contributed by atoms with Crippen LogP contribution in [0.2, 0.25) is 0 Å². The van der Waals surface area contributed by atoms with E-state index in [-0.39, 0.29) is 16.4 Å². The number of hydrazone groups is 1. The largest absolute Gasteiger partial charge is 0.382 e. The lowest BCUT2D eigenvalue weighted by Crippen LogP contribution is -2.21. The van der Waals surface area contributed by atoms with Crippen molar-refractivity contribution in [3.63, 3.8) is 0 Å². The van der Waals surface area contributed by atoms with Crippen LogP contribution >= 0.6 is 15.9 Å². The number of halogens is 1. The van der Waals surface area contributed by atoms with Gasteiger partial charge in [-0.1, -0.05) is 6.92 Å². The predicted octanol–water partition coefficient (Wildman–Crippen LogP) is 1.47. The molecule has 0 unspecified atom stereocenters. The Labute approximate surface area is 125 Å². The minimum absolute atomic E-state index is 0.0196. The molecule has 0 saturated carbocycles. The van der Waals surface area contributed by atoms with Gasteiger partial charge in [0, 0.05) is 4.47 Å². The number of hydrogen-bond donors (Lipinski definition) is 3. The van der Waals surface area contributed by atoms with Crippen molar-refractivity contribution in [2.45, 2.75) is 11.8 Å². The standard InChI is InChI=1S/C11H12BrN5O2S/c1-2-20(18,19)7-3-4-8(12)9(5-7)16-17-10(6-13)11(14)15/h3-5,16H,2H2,1H3,(H3,14,15)/b17-10+. The zero-order chi connectivity index (χ0) is 15.3. The normalized spacial score (nSPS) is 11.8. The molecule has 0 fully saturated rings. The molecule has 0 aliphatic heterocycles. The second kappa shape index (κ2) is 6.49. The molecule has 106 valence electrons. The van der Waals surface area contributed by atoms with Gasteiger partial charge in [-0.25, -0.2) is 8.42 Å². The van der Waals surface area contributed by atoms with Gasteiger partial charge in [0.25, 0.3) is 0 Å². The van der Waals surface area contributed by atoms with E-state index in [0.29, 0.717) is 10.2 Å². The minimum Gasteiger partial charge on any atom is -0.382 e. The lowest BCUT2D eigenvalue weighted by molar-refractivity contribution is 0.597. The van der Waals surface area contributed by atoms with Crippen LogP contribution in [0.3, 0.4) is 0 Å². The highest BCUT2D eigenvalue weighted by molar-refractivity contribution is 9.10. The number of amidine groups is 1. The van der Waals surface area contributed by atoms with Crippen LogP contribution in [0.1, 0.15) is 6.92 Å². The Kier molecular flexibility index (Phi) is 5.24. The summed E-state index contributed by atoms with van der Waals surface area (Å²) in [6.07, 6.45) is 0. The van der Waals surface area contributed by atoms with E-state index in [1.54, 1.807) is 19.1 Å². The zero-order valence-corrected chi connectivity index (χ0v) is 12.9. The molecule has 9 heteroatoms. The molecule has 0 aliphatic carbocycles. The maximum atomic E-state index is 11.8. The van der Waals surface area contributed by atoms with Gasteiger partial charge in [0.2, 0.25) is 5.71 Å². The fourth-order valence-corrected chi connectivity index (χ4v) is 2.45. The van der Waals surface area contributed by atoms with E-state index < -0.39 is 15.7 Å². The molecule has 0 bridgehead atoms. The molecule has 20 heavy (non-hydrogen) atoms. The van der Waals surface area contributed by atoms with E-state index in [9.17, 15) is 8.42 Å². The first kappa shape index (κ1) is 16.1. The number of nitriles is 1. The Balaban J connectivity index is 3.18. The molecule has 1 aromatic rings. The van der Waals surface area contributed by atoms with Crippen molar-refractivity contribution in [2.24, 2.45) is 10.8 Å². The fraction of sp³-hybridized carbons (Fsp3) is 0.182. The number of rotatable bonds is 5. The number of hydrogen-bond acceptors (Lipinski definition) is 6. The molecule has 0 saturated heterocycles. The number of sulfone groups is 1. The lowest BCUT2D eigenvalue weighted by Gasteiger charge is -2.07. The van der Waals surface area contributed by atoms with Gasteiger partial charge in [-0.15, -0.1) is 0 Å². The van der Waals surface area contributed by atoms with Crippen LogP contribution in [-0.4, -0.2) is 25.7 Å². The minimum atomic E-state index is -3.34. The predicted molar refractivity (Wildman–Crippen MR) is 80.5 cm³/mol. The Morgan fingerprint density at radius 3 is 2.75 bits per heavy atom. The third-order valence-electron chi connectivity index (χ3n) is 2.33. The molecule has 0 atom stereocenters. The molecule has 1 aromatic carbocycles. The molecule has 0 radical (unpaired) electrons. The third-order valence-corrected chi connectivity index (χ3v) is 4.75.